The van der Waals surface area contributed by atoms with Crippen molar-refractivity contribution in [2.75, 3.05) is 0 Å². The molecule has 0 bridgehead atoms. The normalized spacial score (nSPS) is 12.7. The maximum Gasteiger partial charge on any atom is 0.00179 e. The maximum atomic E-state index is 6.39. The van der Waals surface area contributed by atoms with Crippen LogP contribution in [0.3, 0.4) is 0 Å². The Labute approximate surface area is 262 Å². The molecular formula is C43H39N. The largest absolute Gasteiger partial charge is 0.404 e. The molecule has 1 heteroatoms. The molecule has 0 spiro atoms. The molecule has 216 valence electrons. The summed E-state index contributed by atoms with van der Waals surface area (Å²) >= 11 is 0. The Hall–Kier alpha value is -5.40. The molecule has 0 heterocycles. The van der Waals surface area contributed by atoms with Gasteiger partial charge in [-0.3, -0.25) is 0 Å². The second-order valence-corrected chi connectivity index (χ2v) is 10.7. The van der Waals surface area contributed by atoms with E-state index < -0.39 is 0 Å². The number of rotatable bonds is 10. The predicted molar refractivity (Wildman–Crippen MR) is 196 cm³/mol. The fourth-order valence-corrected chi connectivity index (χ4v) is 5.94. The summed E-state index contributed by atoms with van der Waals surface area (Å²) < 4.78 is 0. The topological polar surface area (TPSA) is 26.0 Å². The van der Waals surface area contributed by atoms with Crippen LogP contribution in [-0.4, -0.2) is 0 Å². The quantitative estimate of drug-likeness (QED) is 0.131. The van der Waals surface area contributed by atoms with Gasteiger partial charge in [0.15, 0.2) is 0 Å². The Balaban J connectivity index is 1.65. The first-order chi connectivity index (χ1) is 21.6. The monoisotopic (exact) mass is 569 g/mol. The van der Waals surface area contributed by atoms with Crippen molar-refractivity contribution in [3.8, 4) is 11.1 Å². The number of nitrogens with two attached hydrogens (primary N) is 1. The zero-order valence-corrected chi connectivity index (χ0v) is 25.6. The zero-order chi connectivity index (χ0) is 30.9. The summed E-state index contributed by atoms with van der Waals surface area (Å²) in [6.45, 7) is 12.0. The number of allylic oxidation sites excluding steroid dienone is 9. The Morgan fingerprint density at radius 2 is 1.48 bits per heavy atom. The van der Waals surface area contributed by atoms with Gasteiger partial charge in [0, 0.05) is 6.20 Å². The van der Waals surface area contributed by atoms with Crippen LogP contribution in [-0.2, 0) is 6.42 Å². The molecule has 5 rings (SSSR count). The lowest BCUT2D eigenvalue weighted by Crippen LogP contribution is -1.95. The number of fused-ring (bicyclic) bond motifs is 2. The Morgan fingerprint density at radius 3 is 2.11 bits per heavy atom. The van der Waals surface area contributed by atoms with Crippen LogP contribution in [0.25, 0.3) is 56.0 Å². The Morgan fingerprint density at radius 1 is 0.795 bits per heavy atom. The first-order valence-corrected chi connectivity index (χ1v) is 15.1. The molecule has 1 nitrogen and oxygen atoms in total. The van der Waals surface area contributed by atoms with Gasteiger partial charge in [-0.05, 0) is 98.0 Å². The summed E-state index contributed by atoms with van der Waals surface area (Å²) in [7, 11) is 0. The lowest BCUT2D eigenvalue weighted by Gasteiger charge is -2.18. The van der Waals surface area contributed by atoms with E-state index in [9.17, 15) is 0 Å². The fraction of sp³-hybridized carbons (Fsp3) is 0.0698. The van der Waals surface area contributed by atoms with Crippen LogP contribution in [0.2, 0.25) is 0 Å². The molecule has 0 saturated carbocycles. The summed E-state index contributed by atoms with van der Waals surface area (Å²) in [5, 5.41) is 4.76. The van der Waals surface area contributed by atoms with Crippen LogP contribution >= 0.6 is 0 Å². The molecule has 0 unspecified atom stereocenters. The van der Waals surface area contributed by atoms with Gasteiger partial charge >= 0.3 is 0 Å². The van der Waals surface area contributed by atoms with Gasteiger partial charge in [-0.2, -0.15) is 0 Å². The van der Waals surface area contributed by atoms with Crippen LogP contribution in [0.1, 0.15) is 41.7 Å². The second-order valence-electron chi connectivity index (χ2n) is 10.7. The molecule has 0 atom stereocenters. The van der Waals surface area contributed by atoms with E-state index in [0.717, 1.165) is 23.1 Å². The van der Waals surface area contributed by atoms with Crippen LogP contribution in [0.4, 0.5) is 0 Å². The van der Waals surface area contributed by atoms with Crippen molar-refractivity contribution >= 4 is 44.8 Å². The molecule has 0 aliphatic heterocycles. The van der Waals surface area contributed by atoms with Crippen molar-refractivity contribution < 1.29 is 0 Å². The van der Waals surface area contributed by atoms with Crippen molar-refractivity contribution in [2.45, 2.75) is 20.3 Å². The van der Waals surface area contributed by atoms with Gasteiger partial charge in [0.2, 0.25) is 0 Å². The molecule has 0 radical (unpaired) electrons. The third-order valence-corrected chi connectivity index (χ3v) is 8.02. The summed E-state index contributed by atoms with van der Waals surface area (Å²) in [5.41, 5.74) is 16.9. The van der Waals surface area contributed by atoms with Crippen molar-refractivity contribution in [2.24, 2.45) is 5.73 Å². The van der Waals surface area contributed by atoms with E-state index in [1.165, 1.54) is 54.9 Å². The minimum absolute atomic E-state index is 0.786. The maximum absolute atomic E-state index is 6.39. The Kier molecular flexibility index (Phi) is 9.69. The highest BCUT2D eigenvalue weighted by molar-refractivity contribution is 6.19. The predicted octanol–water partition coefficient (Wildman–Crippen LogP) is 11.6. The van der Waals surface area contributed by atoms with Gasteiger partial charge in [0.05, 0.1) is 0 Å². The molecule has 0 aliphatic carbocycles. The van der Waals surface area contributed by atoms with Crippen LogP contribution in [0.15, 0.2) is 153 Å². The average molecular weight is 570 g/mol. The van der Waals surface area contributed by atoms with Crippen molar-refractivity contribution in [3.63, 3.8) is 0 Å². The molecular weight excluding hydrogens is 530 g/mol. The number of hydrogen-bond donors (Lipinski definition) is 1. The Bertz CT molecular complexity index is 1930. The van der Waals surface area contributed by atoms with Gasteiger partial charge in [-0.1, -0.05) is 153 Å². The summed E-state index contributed by atoms with van der Waals surface area (Å²) in [4.78, 5) is 0. The lowest BCUT2D eigenvalue weighted by molar-refractivity contribution is 1.25. The average Bonchev–Trinajstić information content (AvgIpc) is 3.06. The highest BCUT2D eigenvalue weighted by Gasteiger charge is 2.17. The van der Waals surface area contributed by atoms with Gasteiger partial charge in [-0.25, -0.2) is 0 Å². The highest BCUT2D eigenvalue weighted by Crippen LogP contribution is 2.42. The molecule has 44 heavy (non-hydrogen) atoms. The van der Waals surface area contributed by atoms with Crippen LogP contribution < -0.4 is 5.73 Å². The fourth-order valence-electron chi connectivity index (χ4n) is 5.94. The second kappa shape index (κ2) is 14.2. The van der Waals surface area contributed by atoms with Crippen LogP contribution in [0.5, 0.6) is 0 Å². The third kappa shape index (κ3) is 6.19. The van der Waals surface area contributed by atoms with E-state index in [1.807, 2.05) is 25.2 Å². The van der Waals surface area contributed by atoms with Gasteiger partial charge < -0.3 is 5.73 Å². The zero-order valence-electron chi connectivity index (χ0n) is 25.6. The molecule has 2 N–H and O–H groups in total. The summed E-state index contributed by atoms with van der Waals surface area (Å²) in [5.74, 6) is 0. The first kappa shape index (κ1) is 30.1. The third-order valence-electron chi connectivity index (χ3n) is 8.02. The minimum Gasteiger partial charge on any atom is -0.404 e. The van der Waals surface area contributed by atoms with Crippen LogP contribution in [0, 0.1) is 0 Å². The SMILES string of the molecule is C=C/C=C\C=C(/C)c1cccc(-c2c3ccccc3c(C(/C=C\Cc3cccc(C=C)c3/C=C\C)=C/N)c3ccccc23)c1. The minimum atomic E-state index is 0.786. The van der Waals surface area contributed by atoms with Gasteiger partial charge in [-0.15, -0.1) is 0 Å². The van der Waals surface area contributed by atoms with E-state index in [1.54, 1.807) is 12.3 Å². The van der Waals surface area contributed by atoms with Crippen molar-refractivity contribution in [1.29, 1.82) is 0 Å². The smallest absolute Gasteiger partial charge is 0.00179 e. The summed E-state index contributed by atoms with van der Waals surface area (Å²) in [6.07, 6.45) is 20.9. The molecule has 0 fully saturated rings. The molecule has 5 aromatic rings. The lowest BCUT2D eigenvalue weighted by atomic mass is 9.85. The van der Waals surface area contributed by atoms with Gasteiger partial charge in [0.25, 0.3) is 0 Å². The number of benzene rings is 5. The van der Waals surface area contributed by atoms with E-state index >= 15 is 0 Å². The highest BCUT2D eigenvalue weighted by atomic mass is 14.5. The standard InChI is InChI=1S/C43H39N/c1-5-8-9-18-31(4)34-22-16-23-35(29-34)42-38-25-10-12-27-40(38)43(41-28-13-11-26-39(41)42)36(30-44)24-15-21-33-20-14-19-32(7-3)37(33)17-6-2/h5-20,22-30H,1,3,21,44H2,2,4H3/b9-8-,17-6-,24-15-,31-18+,36-30+. The molecule has 0 saturated heterocycles. The number of hydrogen-bond acceptors (Lipinski definition) is 1. The van der Waals surface area contributed by atoms with E-state index in [-0.39, 0.29) is 0 Å². The molecule has 0 aliphatic rings. The van der Waals surface area contributed by atoms with Crippen molar-refractivity contribution in [3.05, 3.63) is 181 Å². The van der Waals surface area contributed by atoms with Gasteiger partial charge in [0.1, 0.15) is 0 Å². The molecule has 5 aromatic carbocycles. The molecule has 0 aromatic heterocycles. The van der Waals surface area contributed by atoms with E-state index in [4.69, 9.17) is 5.73 Å². The molecule has 0 amide bonds. The van der Waals surface area contributed by atoms with Crippen molar-refractivity contribution in [1.82, 2.24) is 0 Å². The van der Waals surface area contributed by atoms with E-state index in [0.29, 0.717) is 0 Å². The van der Waals surface area contributed by atoms with E-state index in [2.05, 4.69) is 141 Å². The first-order valence-electron chi connectivity index (χ1n) is 15.1. The summed E-state index contributed by atoms with van der Waals surface area (Å²) in [6, 6.07) is 32.5.